The first-order valence-electron chi connectivity index (χ1n) is 6.19. The van der Waals surface area contributed by atoms with Gasteiger partial charge in [0.25, 0.3) is 0 Å². The van der Waals surface area contributed by atoms with E-state index >= 15 is 0 Å². The molecule has 2 aromatic carbocycles. The molecule has 96 valence electrons. The number of rotatable bonds is 3. The van der Waals surface area contributed by atoms with Crippen LogP contribution in [0.4, 0.5) is 10.1 Å². The standard InChI is InChI=1S/C16H14FNO/c1-11-6-7-14(17)15(8-11)18-9-12-10-19-16-5-3-2-4-13(12)16/h2-8,10,18H,9H2,1H3. The Bertz CT molecular complexity index is 718. The van der Waals surface area contributed by atoms with E-state index in [1.165, 1.54) is 6.07 Å². The van der Waals surface area contributed by atoms with E-state index in [0.29, 0.717) is 12.2 Å². The summed E-state index contributed by atoms with van der Waals surface area (Å²) in [7, 11) is 0. The Hall–Kier alpha value is -2.29. The molecule has 1 heterocycles. The van der Waals surface area contributed by atoms with Crippen molar-refractivity contribution in [1.29, 1.82) is 0 Å². The van der Waals surface area contributed by atoms with Gasteiger partial charge in [-0.25, -0.2) is 4.39 Å². The van der Waals surface area contributed by atoms with E-state index < -0.39 is 0 Å². The number of hydrogen-bond donors (Lipinski definition) is 1. The maximum atomic E-state index is 13.6. The summed E-state index contributed by atoms with van der Waals surface area (Å²) in [5.41, 5.74) is 3.42. The van der Waals surface area contributed by atoms with Gasteiger partial charge in [0, 0.05) is 17.5 Å². The van der Waals surface area contributed by atoms with Crippen LogP contribution in [0.25, 0.3) is 11.0 Å². The predicted octanol–water partition coefficient (Wildman–Crippen LogP) is 4.49. The first kappa shape index (κ1) is 11.8. The third-order valence-electron chi connectivity index (χ3n) is 3.15. The smallest absolute Gasteiger partial charge is 0.146 e. The largest absolute Gasteiger partial charge is 0.464 e. The van der Waals surface area contributed by atoms with Crippen molar-refractivity contribution in [1.82, 2.24) is 0 Å². The molecule has 0 saturated heterocycles. The van der Waals surface area contributed by atoms with Crippen molar-refractivity contribution >= 4 is 16.7 Å². The lowest BCUT2D eigenvalue weighted by Gasteiger charge is -2.07. The zero-order valence-corrected chi connectivity index (χ0v) is 10.6. The van der Waals surface area contributed by atoms with Gasteiger partial charge in [0.2, 0.25) is 0 Å². The molecule has 0 unspecified atom stereocenters. The molecule has 0 amide bonds. The van der Waals surface area contributed by atoms with E-state index in [1.54, 1.807) is 18.4 Å². The highest BCUT2D eigenvalue weighted by molar-refractivity contribution is 5.81. The fourth-order valence-electron chi connectivity index (χ4n) is 2.13. The number of nitrogens with one attached hydrogen (secondary N) is 1. The third kappa shape index (κ3) is 2.32. The number of hydrogen-bond acceptors (Lipinski definition) is 2. The van der Waals surface area contributed by atoms with Crippen molar-refractivity contribution in [3.8, 4) is 0 Å². The van der Waals surface area contributed by atoms with Gasteiger partial charge < -0.3 is 9.73 Å². The number of halogens is 1. The lowest BCUT2D eigenvalue weighted by Crippen LogP contribution is -2.01. The summed E-state index contributed by atoms with van der Waals surface area (Å²) in [6, 6.07) is 12.9. The van der Waals surface area contributed by atoms with Crippen LogP contribution < -0.4 is 5.32 Å². The highest BCUT2D eigenvalue weighted by Crippen LogP contribution is 2.22. The first-order chi connectivity index (χ1) is 9.24. The Kier molecular flexibility index (Phi) is 2.95. The molecule has 0 bridgehead atoms. The second-order valence-electron chi connectivity index (χ2n) is 4.59. The van der Waals surface area contributed by atoms with E-state index in [9.17, 15) is 4.39 Å². The molecule has 3 heteroatoms. The minimum atomic E-state index is -0.238. The van der Waals surface area contributed by atoms with Crippen molar-refractivity contribution in [2.24, 2.45) is 0 Å². The van der Waals surface area contributed by atoms with Crippen LogP contribution in [0.1, 0.15) is 11.1 Å². The van der Waals surface area contributed by atoms with Crippen molar-refractivity contribution in [2.75, 3.05) is 5.32 Å². The Morgan fingerprint density at radius 1 is 1.16 bits per heavy atom. The Labute approximate surface area is 110 Å². The molecular weight excluding hydrogens is 241 g/mol. The molecule has 2 nitrogen and oxygen atoms in total. The molecule has 0 aliphatic rings. The topological polar surface area (TPSA) is 25.2 Å². The highest BCUT2D eigenvalue weighted by Gasteiger charge is 2.06. The van der Waals surface area contributed by atoms with Gasteiger partial charge in [-0.1, -0.05) is 24.3 Å². The van der Waals surface area contributed by atoms with E-state index in [2.05, 4.69) is 5.32 Å². The molecule has 3 rings (SSSR count). The molecule has 3 aromatic rings. The van der Waals surface area contributed by atoms with Crippen LogP contribution in [0.2, 0.25) is 0 Å². The Morgan fingerprint density at radius 3 is 2.89 bits per heavy atom. The zero-order valence-electron chi connectivity index (χ0n) is 10.6. The number of aryl methyl sites for hydroxylation is 1. The molecule has 19 heavy (non-hydrogen) atoms. The number of anilines is 1. The number of benzene rings is 2. The average molecular weight is 255 g/mol. The zero-order chi connectivity index (χ0) is 13.2. The lowest BCUT2D eigenvalue weighted by molar-refractivity contribution is 0.610. The monoisotopic (exact) mass is 255 g/mol. The van der Waals surface area contributed by atoms with Gasteiger partial charge in [-0.3, -0.25) is 0 Å². The minimum Gasteiger partial charge on any atom is -0.464 e. The normalized spacial score (nSPS) is 10.8. The van der Waals surface area contributed by atoms with Crippen LogP contribution in [-0.4, -0.2) is 0 Å². The van der Waals surface area contributed by atoms with Gasteiger partial charge in [0.05, 0.1) is 12.0 Å². The lowest BCUT2D eigenvalue weighted by atomic mass is 10.1. The van der Waals surface area contributed by atoms with Gasteiger partial charge in [0.1, 0.15) is 11.4 Å². The van der Waals surface area contributed by atoms with E-state index in [4.69, 9.17) is 4.42 Å². The van der Waals surface area contributed by atoms with E-state index in [0.717, 1.165) is 22.1 Å². The summed E-state index contributed by atoms with van der Waals surface area (Å²) in [4.78, 5) is 0. The summed E-state index contributed by atoms with van der Waals surface area (Å²) in [6.07, 6.45) is 1.71. The van der Waals surface area contributed by atoms with Gasteiger partial charge in [-0.05, 0) is 30.7 Å². The van der Waals surface area contributed by atoms with Crippen LogP contribution in [0.15, 0.2) is 53.1 Å². The van der Waals surface area contributed by atoms with Crippen molar-refractivity contribution in [3.05, 3.63) is 65.7 Å². The predicted molar refractivity (Wildman–Crippen MR) is 74.7 cm³/mol. The van der Waals surface area contributed by atoms with Crippen LogP contribution in [0.5, 0.6) is 0 Å². The second-order valence-corrected chi connectivity index (χ2v) is 4.59. The Balaban J connectivity index is 1.84. The van der Waals surface area contributed by atoms with Gasteiger partial charge in [0.15, 0.2) is 0 Å². The average Bonchev–Trinajstić information content (AvgIpc) is 2.83. The number of fused-ring (bicyclic) bond motifs is 1. The van der Waals surface area contributed by atoms with E-state index in [-0.39, 0.29) is 5.82 Å². The van der Waals surface area contributed by atoms with Gasteiger partial charge in [-0.15, -0.1) is 0 Å². The minimum absolute atomic E-state index is 0.238. The summed E-state index contributed by atoms with van der Waals surface area (Å²) in [5, 5.41) is 4.17. The molecule has 1 aromatic heterocycles. The molecule has 0 saturated carbocycles. The summed E-state index contributed by atoms with van der Waals surface area (Å²) in [5.74, 6) is -0.238. The SMILES string of the molecule is Cc1ccc(F)c(NCc2coc3ccccc23)c1. The van der Waals surface area contributed by atoms with Crippen molar-refractivity contribution in [3.63, 3.8) is 0 Å². The quantitative estimate of drug-likeness (QED) is 0.745. The van der Waals surface area contributed by atoms with Crippen molar-refractivity contribution < 1.29 is 8.81 Å². The number of para-hydroxylation sites is 1. The number of furan rings is 1. The molecule has 0 atom stereocenters. The molecule has 0 radical (unpaired) electrons. The van der Waals surface area contributed by atoms with Crippen LogP contribution in [-0.2, 0) is 6.54 Å². The highest BCUT2D eigenvalue weighted by atomic mass is 19.1. The van der Waals surface area contributed by atoms with Gasteiger partial charge >= 0.3 is 0 Å². The van der Waals surface area contributed by atoms with Crippen molar-refractivity contribution in [2.45, 2.75) is 13.5 Å². The molecule has 0 fully saturated rings. The van der Waals surface area contributed by atoms with Crippen LogP contribution >= 0.6 is 0 Å². The molecule has 0 aliphatic heterocycles. The summed E-state index contributed by atoms with van der Waals surface area (Å²) < 4.78 is 19.1. The fraction of sp³-hybridized carbons (Fsp3) is 0.125. The fourth-order valence-corrected chi connectivity index (χ4v) is 2.13. The third-order valence-corrected chi connectivity index (χ3v) is 3.15. The molecule has 1 N–H and O–H groups in total. The van der Waals surface area contributed by atoms with Crippen LogP contribution in [0, 0.1) is 12.7 Å². The van der Waals surface area contributed by atoms with Crippen LogP contribution in [0.3, 0.4) is 0 Å². The first-order valence-corrected chi connectivity index (χ1v) is 6.19. The molecular formula is C16H14FNO. The molecule has 0 spiro atoms. The Morgan fingerprint density at radius 2 is 2.00 bits per heavy atom. The second kappa shape index (κ2) is 4.76. The maximum Gasteiger partial charge on any atom is 0.146 e. The van der Waals surface area contributed by atoms with E-state index in [1.807, 2.05) is 31.2 Å². The molecule has 0 aliphatic carbocycles. The maximum absolute atomic E-state index is 13.6. The van der Waals surface area contributed by atoms with Gasteiger partial charge in [-0.2, -0.15) is 0 Å². The summed E-state index contributed by atoms with van der Waals surface area (Å²) in [6.45, 7) is 2.48. The summed E-state index contributed by atoms with van der Waals surface area (Å²) >= 11 is 0.